The van der Waals surface area contributed by atoms with Gasteiger partial charge in [0.1, 0.15) is 6.29 Å². The monoisotopic (exact) mass is 239 g/mol. The maximum atomic E-state index is 10.4. The summed E-state index contributed by atoms with van der Waals surface area (Å²) in [5.74, 6) is 0. The third kappa shape index (κ3) is 3.51. The van der Waals surface area contributed by atoms with E-state index >= 15 is 0 Å². The fourth-order valence-corrected chi connectivity index (χ4v) is 1.16. The topological polar surface area (TPSA) is 30.0 Å². The Labute approximate surface area is 85.8 Å². The van der Waals surface area contributed by atoms with E-state index in [1.807, 2.05) is 12.2 Å². The lowest BCUT2D eigenvalue weighted by molar-refractivity contribution is 0.112. The lowest BCUT2D eigenvalue weighted by Crippen LogP contribution is -1.84. The minimum absolute atomic E-state index is 0.661. The summed E-state index contributed by atoms with van der Waals surface area (Å²) in [6.07, 6.45) is 7.36. The summed E-state index contributed by atoms with van der Waals surface area (Å²) in [6.45, 7) is 0. The molecule has 0 aliphatic rings. The summed E-state index contributed by atoms with van der Waals surface area (Å²) in [4.78, 5) is 14.5. The highest BCUT2D eigenvalue weighted by Crippen LogP contribution is 2.02. The van der Waals surface area contributed by atoms with Crippen LogP contribution in [-0.4, -0.2) is 16.6 Å². The molecule has 0 bridgehead atoms. The van der Waals surface area contributed by atoms with Gasteiger partial charge in [-0.3, -0.25) is 9.78 Å². The van der Waals surface area contributed by atoms with E-state index in [1.54, 1.807) is 18.3 Å². The van der Waals surface area contributed by atoms with E-state index < -0.39 is 0 Å². The van der Waals surface area contributed by atoms with Crippen molar-refractivity contribution < 1.29 is 4.79 Å². The lowest BCUT2D eigenvalue weighted by atomic mass is 10.2. The molecule has 0 fully saturated rings. The van der Waals surface area contributed by atoms with Crippen LogP contribution in [0.5, 0.6) is 0 Å². The Kier molecular flexibility index (Phi) is 4.40. The van der Waals surface area contributed by atoms with Crippen molar-refractivity contribution in [2.24, 2.45) is 0 Å². The fourth-order valence-electron chi connectivity index (χ4n) is 0.897. The molecule has 0 saturated heterocycles. The second-order valence-corrected chi connectivity index (χ2v) is 3.30. The SMILES string of the molecule is O=Cc1ccnc(C=CCCBr)c1. The van der Waals surface area contributed by atoms with Crippen molar-refractivity contribution in [1.29, 1.82) is 0 Å². The lowest BCUT2D eigenvalue weighted by Gasteiger charge is -1.92. The minimum Gasteiger partial charge on any atom is -0.298 e. The number of nitrogens with zero attached hydrogens (tertiary/aromatic N) is 1. The normalized spacial score (nSPS) is 10.5. The van der Waals surface area contributed by atoms with Crippen LogP contribution in [0.4, 0.5) is 0 Å². The molecule has 2 nitrogen and oxygen atoms in total. The van der Waals surface area contributed by atoms with Gasteiger partial charge in [0, 0.05) is 17.1 Å². The minimum atomic E-state index is 0.661. The van der Waals surface area contributed by atoms with E-state index in [0.717, 1.165) is 23.7 Å². The zero-order valence-electron chi connectivity index (χ0n) is 7.11. The number of allylic oxidation sites excluding steroid dienone is 1. The number of carbonyl (C=O) groups excluding carboxylic acids is 1. The van der Waals surface area contributed by atoms with Gasteiger partial charge in [-0.05, 0) is 24.6 Å². The number of halogens is 1. The van der Waals surface area contributed by atoms with Gasteiger partial charge in [-0.1, -0.05) is 22.0 Å². The van der Waals surface area contributed by atoms with Crippen LogP contribution in [0.1, 0.15) is 22.5 Å². The van der Waals surface area contributed by atoms with Crippen LogP contribution in [0.25, 0.3) is 6.08 Å². The Bertz CT molecular complexity index is 310. The summed E-state index contributed by atoms with van der Waals surface area (Å²) in [6, 6.07) is 3.45. The number of rotatable bonds is 4. The average Bonchev–Trinajstić information content (AvgIpc) is 2.19. The molecule has 1 rings (SSSR count). The van der Waals surface area contributed by atoms with Gasteiger partial charge in [0.15, 0.2) is 0 Å². The molecular formula is C10H10BrNO. The molecule has 13 heavy (non-hydrogen) atoms. The van der Waals surface area contributed by atoms with E-state index in [-0.39, 0.29) is 0 Å². The van der Waals surface area contributed by atoms with Crippen LogP contribution >= 0.6 is 15.9 Å². The largest absolute Gasteiger partial charge is 0.298 e. The second kappa shape index (κ2) is 5.65. The highest BCUT2D eigenvalue weighted by atomic mass is 79.9. The third-order valence-electron chi connectivity index (χ3n) is 1.51. The summed E-state index contributed by atoms with van der Waals surface area (Å²) in [5, 5.41) is 0.941. The predicted molar refractivity (Wildman–Crippen MR) is 57.1 cm³/mol. The van der Waals surface area contributed by atoms with E-state index in [0.29, 0.717) is 5.56 Å². The van der Waals surface area contributed by atoms with E-state index in [2.05, 4.69) is 20.9 Å². The van der Waals surface area contributed by atoms with Gasteiger partial charge in [-0.25, -0.2) is 0 Å². The van der Waals surface area contributed by atoms with Crippen molar-refractivity contribution in [2.45, 2.75) is 6.42 Å². The Balaban J connectivity index is 2.71. The molecule has 0 amide bonds. The molecule has 0 saturated carbocycles. The molecule has 1 aromatic heterocycles. The van der Waals surface area contributed by atoms with E-state index in [1.165, 1.54) is 0 Å². The van der Waals surface area contributed by atoms with Crippen molar-refractivity contribution in [1.82, 2.24) is 4.98 Å². The molecular weight excluding hydrogens is 230 g/mol. The molecule has 0 aromatic carbocycles. The molecule has 3 heteroatoms. The van der Waals surface area contributed by atoms with Crippen LogP contribution < -0.4 is 0 Å². The molecule has 0 radical (unpaired) electrons. The second-order valence-electron chi connectivity index (χ2n) is 2.51. The summed E-state index contributed by atoms with van der Waals surface area (Å²) in [7, 11) is 0. The average molecular weight is 240 g/mol. The standard InChI is InChI=1S/C10H10BrNO/c11-5-2-1-3-10-7-9(8-13)4-6-12-10/h1,3-4,6-8H,2,5H2. The van der Waals surface area contributed by atoms with Gasteiger partial charge in [0.25, 0.3) is 0 Å². The Hall–Kier alpha value is -0.960. The first-order chi connectivity index (χ1) is 6.36. The summed E-state index contributed by atoms with van der Waals surface area (Å²) < 4.78 is 0. The molecule has 0 N–H and O–H groups in total. The maximum absolute atomic E-state index is 10.4. The molecule has 0 atom stereocenters. The van der Waals surface area contributed by atoms with Crippen LogP contribution in [0.2, 0.25) is 0 Å². The maximum Gasteiger partial charge on any atom is 0.150 e. The first-order valence-electron chi connectivity index (χ1n) is 4.00. The van der Waals surface area contributed by atoms with Gasteiger partial charge in [0.2, 0.25) is 0 Å². The number of pyridine rings is 1. The summed E-state index contributed by atoms with van der Waals surface area (Å²) in [5.41, 5.74) is 1.49. The van der Waals surface area contributed by atoms with Gasteiger partial charge < -0.3 is 0 Å². The first kappa shape index (κ1) is 10.1. The molecule has 0 aliphatic heterocycles. The first-order valence-corrected chi connectivity index (χ1v) is 5.12. The number of aldehydes is 1. The number of hydrogen-bond donors (Lipinski definition) is 0. The zero-order chi connectivity index (χ0) is 9.52. The smallest absolute Gasteiger partial charge is 0.150 e. The van der Waals surface area contributed by atoms with Gasteiger partial charge in [-0.15, -0.1) is 0 Å². The quantitative estimate of drug-likeness (QED) is 0.598. The van der Waals surface area contributed by atoms with Crippen LogP contribution in [-0.2, 0) is 0 Å². The van der Waals surface area contributed by atoms with E-state index in [4.69, 9.17) is 0 Å². The third-order valence-corrected chi connectivity index (χ3v) is 1.96. The molecule has 0 unspecified atom stereocenters. The van der Waals surface area contributed by atoms with Crippen molar-refractivity contribution in [3.63, 3.8) is 0 Å². The Morgan fingerprint density at radius 1 is 1.54 bits per heavy atom. The van der Waals surface area contributed by atoms with Gasteiger partial charge >= 0.3 is 0 Å². The Morgan fingerprint density at radius 3 is 3.08 bits per heavy atom. The Morgan fingerprint density at radius 2 is 2.38 bits per heavy atom. The molecule has 68 valence electrons. The van der Waals surface area contributed by atoms with Crippen molar-refractivity contribution in [3.8, 4) is 0 Å². The van der Waals surface area contributed by atoms with Crippen molar-refractivity contribution >= 4 is 28.3 Å². The molecule has 1 heterocycles. The number of alkyl halides is 1. The van der Waals surface area contributed by atoms with Crippen LogP contribution in [0, 0.1) is 0 Å². The molecule has 0 aliphatic carbocycles. The number of carbonyl (C=O) groups is 1. The highest BCUT2D eigenvalue weighted by molar-refractivity contribution is 9.09. The number of hydrogen-bond acceptors (Lipinski definition) is 2. The molecule has 1 aromatic rings. The van der Waals surface area contributed by atoms with Gasteiger partial charge in [0.05, 0.1) is 5.69 Å². The predicted octanol–water partition coefficient (Wildman–Crippen LogP) is 2.69. The van der Waals surface area contributed by atoms with Crippen LogP contribution in [0.15, 0.2) is 24.4 Å². The van der Waals surface area contributed by atoms with E-state index in [9.17, 15) is 4.79 Å². The zero-order valence-corrected chi connectivity index (χ0v) is 8.70. The van der Waals surface area contributed by atoms with Gasteiger partial charge in [-0.2, -0.15) is 0 Å². The van der Waals surface area contributed by atoms with Crippen molar-refractivity contribution in [3.05, 3.63) is 35.7 Å². The number of aromatic nitrogens is 1. The molecule has 0 spiro atoms. The fraction of sp³-hybridized carbons (Fsp3) is 0.200. The highest BCUT2D eigenvalue weighted by Gasteiger charge is 1.91. The van der Waals surface area contributed by atoms with Crippen LogP contribution in [0.3, 0.4) is 0 Å². The van der Waals surface area contributed by atoms with Crippen molar-refractivity contribution in [2.75, 3.05) is 5.33 Å². The summed E-state index contributed by atoms with van der Waals surface area (Å²) >= 11 is 3.32.